The summed E-state index contributed by atoms with van der Waals surface area (Å²) in [5.74, 6) is -0.362. The van der Waals surface area contributed by atoms with Crippen LogP contribution in [-0.4, -0.2) is 56.0 Å². The van der Waals surface area contributed by atoms with Crippen molar-refractivity contribution in [2.75, 3.05) is 6.61 Å². The molecule has 166 valence electrons. The fourth-order valence-electron chi connectivity index (χ4n) is 4.39. The molecule has 2 aromatic carbocycles. The first-order valence-corrected chi connectivity index (χ1v) is 10.5. The number of aliphatic hydroxyl groups is 4. The van der Waals surface area contributed by atoms with Crippen LogP contribution in [0.4, 0.5) is 4.39 Å². The molecule has 0 saturated carbocycles. The SMILES string of the molecule is CCc1ccc(Cc2cn([C@@H]3O[C@H](CO)[C@@H](O)[C@H](O)[C@H]3O)c3c(C)cc(F)cc23)cc1. The number of rotatable bonds is 5. The third-order valence-corrected chi connectivity index (χ3v) is 6.13. The summed E-state index contributed by atoms with van der Waals surface area (Å²) in [7, 11) is 0. The summed E-state index contributed by atoms with van der Waals surface area (Å²) in [6.45, 7) is 3.35. The van der Waals surface area contributed by atoms with Crippen molar-refractivity contribution in [3.63, 3.8) is 0 Å². The van der Waals surface area contributed by atoms with Crippen molar-refractivity contribution in [1.82, 2.24) is 4.57 Å². The van der Waals surface area contributed by atoms with Crippen molar-refractivity contribution in [2.45, 2.75) is 57.3 Å². The highest BCUT2D eigenvalue weighted by Gasteiger charge is 2.44. The van der Waals surface area contributed by atoms with Crippen molar-refractivity contribution < 1.29 is 29.6 Å². The average Bonchev–Trinajstić information content (AvgIpc) is 3.11. The highest BCUT2D eigenvalue weighted by Crippen LogP contribution is 2.35. The molecule has 1 aliphatic rings. The Kier molecular flexibility index (Phi) is 6.14. The Hall–Kier alpha value is -2.29. The molecule has 1 saturated heterocycles. The zero-order valence-corrected chi connectivity index (χ0v) is 17.6. The molecule has 4 N–H and O–H groups in total. The lowest BCUT2D eigenvalue weighted by Gasteiger charge is -2.40. The molecule has 6 nitrogen and oxygen atoms in total. The van der Waals surface area contributed by atoms with Gasteiger partial charge in [-0.05, 0) is 54.2 Å². The molecule has 0 spiro atoms. The standard InChI is InChI=1S/C24H28FNO5/c1-3-14-4-6-15(7-5-14)9-16-11-26(20-13(2)8-17(25)10-18(16)20)24-23(30)22(29)21(28)19(12-27)31-24/h4-8,10-11,19,21-24,27-30H,3,9,12H2,1-2H3/t19-,21-,22+,23-,24-/m1/s1. The molecule has 5 atom stereocenters. The number of aliphatic hydroxyl groups excluding tert-OH is 4. The van der Waals surface area contributed by atoms with Gasteiger partial charge in [0, 0.05) is 11.6 Å². The zero-order valence-electron chi connectivity index (χ0n) is 17.6. The lowest BCUT2D eigenvalue weighted by molar-refractivity contribution is -0.250. The maximum Gasteiger partial charge on any atom is 0.163 e. The van der Waals surface area contributed by atoms with Gasteiger partial charge in [0.05, 0.1) is 12.1 Å². The monoisotopic (exact) mass is 429 g/mol. The van der Waals surface area contributed by atoms with Crippen LogP contribution in [0.1, 0.15) is 35.4 Å². The maximum atomic E-state index is 14.3. The molecule has 31 heavy (non-hydrogen) atoms. The number of fused-ring (bicyclic) bond motifs is 1. The van der Waals surface area contributed by atoms with Gasteiger partial charge in [-0.2, -0.15) is 0 Å². The Bertz CT molecular complexity index is 1060. The highest BCUT2D eigenvalue weighted by molar-refractivity contribution is 5.87. The minimum Gasteiger partial charge on any atom is -0.394 e. The predicted molar refractivity (Wildman–Crippen MR) is 114 cm³/mol. The molecule has 1 aliphatic heterocycles. The first-order valence-electron chi connectivity index (χ1n) is 10.5. The van der Waals surface area contributed by atoms with Crippen LogP contribution in [0.25, 0.3) is 10.9 Å². The Morgan fingerprint density at radius 1 is 1.00 bits per heavy atom. The molecule has 0 amide bonds. The van der Waals surface area contributed by atoms with Crippen molar-refractivity contribution in [3.05, 3.63) is 70.7 Å². The predicted octanol–water partition coefficient (Wildman–Crippen LogP) is 2.21. The van der Waals surface area contributed by atoms with Crippen LogP contribution < -0.4 is 0 Å². The minimum absolute atomic E-state index is 0.362. The molecular weight excluding hydrogens is 401 g/mol. The van der Waals surface area contributed by atoms with E-state index in [2.05, 4.69) is 19.1 Å². The van der Waals surface area contributed by atoms with Gasteiger partial charge in [-0.1, -0.05) is 31.2 Å². The Morgan fingerprint density at radius 3 is 2.32 bits per heavy atom. The Balaban J connectivity index is 1.80. The number of nitrogens with zero attached hydrogens (tertiary/aromatic N) is 1. The molecule has 1 fully saturated rings. The zero-order chi connectivity index (χ0) is 22.3. The van der Waals surface area contributed by atoms with E-state index < -0.39 is 37.3 Å². The maximum absolute atomic E-state index is 14.3. The first kappa shape index (κ1) is 21.9. The summed E-state index contributed by atoms with van der Waals surface area (Å²) >= 11 is 0. The molecule has 4 rings (SSSR count). The fraction of sp³-hybridized carbons (Fsp3) is 0.417. The van der Waals surface area contributed by atoms with Crippen LogP contribution in [-0.2, 0) is 17.6 Å². The lowest BCUT2D eigenvalue weighted by atomic mass is 9.98. The Labute approximate surface area is 180 Å². The second kappa shape index (κ2) is 8.68. The van der Waals surface area contributed by atoms with Gasteiger partial charge in [-0.3, -0.25) is 0 Å². The second-order valence-electron chi connectivity index (χ2n) is 8.25. The quantitative estimate of drug-likeness (QED) is 0.499. The van der Waals surface area contributed by atoms with E-state index in [-0.39, 0.29) is 5.82 Å². The van der Waals surface area contributed by atoms with Gasteiger partial charge in [-0.25, -0.2) is 4.39 Å². The van der Waals surface area contributed by atoms with Gasteiger partial charge in [0.2, 0.25) is 0 Å². The van der Waals surface area contributed by atoms with Crippen molar-refractivity contribution in [2.24, 2.45) is 0 Å². The summed E-state index contributed by atoms with van der Waals surface area (Å²) in [5, 5.41) is 41.2. The lowest BCUT2D eigenvalue weighted by Crippen LogP contribution is -2.56. The minimum atomic E-state index is -1.49. The van der Waals surface area contributed by atoms with Crippen LogP contribution in [0, 0.1) is 12.7 Å². The van der Waals surface area contributed by atoms with E-state index in [4.69, 9.17) is 4.74 Å². The number of hydrogen-bond donors (Lipinski definition) is 4. The molecule has 0 aliphatic carbocycles. The van der Waals surface area contributed by atoms with Crippen molar-refractivity contribution in [1.29, 1.82) is 0 Å². The van der Waals surface area contributed by atoms with Crippen molar-refractivity contribution >= 4 is 10.9 Å². The summed E-state index contributed by atoms with van der Waals surface area (Å²) in [6, 6.07) is 11.1. The normalized spacial score (nSPS) is 26.5. The molecule has 0 radical (unpaired) electrons. The Morgan fingerprint density at radius 2 is 1.68 bits per heavy atom. The van der Waals surface area contributed by atoms with Crippen LogP contribution in [0.3, 0.4) is 0 Å². The van der Waals surface area contributed by atoms with Gasteiger partial charge < -0.3 is 29.7 Å². The van der Waals surface area contributed by atoms with E-state index in [1.165, 1.54) is 17.7 Å². The smallest absolute Gasteiger partial charge is 0.163 e. The fourth-order valence-corrected chi connectivity index (χ4v) is 4.39. The average molecular weight is 429 g/mol. The van der Waals surface area contributed by atoms with Gasteiger partial charge in [-0.15, -0.1) is 0 Å². The van der Waals surface area contributed by atoms with Gasteiger partial charge in [0.1, 0.15) is 30.2 Å². The van der Waals surface area contributed by atoms with Crippen LogP contribution in [0.5, 0.6) is 0 Å². The van der Waals surface area contributed by atoms with Gasteiger partial charge >= 0.3 is 0 Å². The molecule has 7 heteroatoms. The van der Waals surface area contributed by atoms with Gasteiger partial charge in [0.15, 0.2) is 6.23 Å². The molecule has 0 bridgehead atoms. The van der Waals surface area contributed by atoms with Crippen LogP contribution >= 0.6 is 0 Å². The van der Waals surface area contributed by atoms with Crippen molar-refractivity contribution in [3.8, 4) is 0 Å². The molecule has 3 aromatic rings. The van der Waals surface area contributed by atoms with Crippen LogP contribution in [0.15, 0.2) is 42.6 Å². The van der Waals surface area contributed by atoms with E-state index in [1.807, 2.05) is 12.1 Å². The van der Waals surface area contributed by atoms with E-state index >= 15 is 0 Å². The number of halogens is 1. The molecule has 1 aromatic heterocycles. The second-order valence-corrected chi connectivity index (χ2v) is 8.25. The summed E-state index contributed by atoms with van der Waals surface area (Å²) in [5.41, 5.74) is 4.46. The molecular formula is C24H28FNO5. The molecule has 2 heterocycles. The third kappa shape index (κ3) is 4.00. The topological polar surface area (TPSA) is 95.1 Å². The van der Waals surface area contributed by atoms with E-state index in [1.54, 1.807) is 17.7 Å². The third-order valence-electron chi connectivity index (χ3n) is 6.13. The van der Waals surface area contributed by atoms with Crippen LogP contribution in [0.2, 0.25) is 0 Å². The summed E-state index contributed by atoms with van der Waals surface area (Å²) in [6.07, 6.45) is -3.13. The highest BCUT2D eigenvalue weighted by atomic mass is 19.1. The number of aryl methyl sites for hydroxylation is 2. The van der Waals surface area contributed by atoms with E-state index in [0.29, 0.717) is 22.9 Å². The number of hydrogen-bond acceptors (Lipinski definition) is 5. The first-order chi connectivity index (χ1) is 14.8. The summed E-state index contributed by atoms with van der Waals surface area (Å²) < 4.78 is 21.7. The molecule has 0 unspecified atom stereocenters. The van der Waals surface area contributed by atoms with E-state index in [9.17, 15) is 24.8 Å². The number of benzene rings is 2. The number of ether oxygens (including phenoxy) is 1. The van der Waals surface area contributed by atoms with E-state index in [0.717, 1.165) is 17.5 Å². The van der Waals surface area contributed by atoms with Gasteiger partial charge in [0.25, 0.3) is 0 Å². The summed E-state index contributed by atoms with van der Waals surface area (Å²) in [4.78, 5) is 0. The largest absolute Gasteiger partial charge is 0.394 e. The number of aromatic nitrogens is 1.